The number of rotatable bonds is 6. The van der Waals surface area contributed by atoms with E-state index in [1.807, 2.05) is 23.7 Å². The van der Waals surface area contributed by atoms with E-state index in [1.165, 1.54) is 11.3 Å². The molecule has 0 aliphatic heterocycles. The normalized spacial score (nSPS) is 11.5. The second-order valence-electron chi connectivity index (χ2n) is 6.22. The molecular weight excluding hydrogens is 392 g/mol. The summed E-state index contributed by atoms with van der Waals surface area (Å²) in [5.41, 5.74) is 2.15. The molecule has 1 amide bonds. The van der Waals surface area contributed by atoms with Crippen LogP contribution in [0.15, 0.2) is 41.4 Å². The molecule has 0 aliphatic carbocycles. The summed E-state index contributed by atoms with van der Waals surface area (Å²) in [5.74, 6) is 0.532. The number of thiazole rings is 1. The number of hydrogen-bond donors (Lipinski definition) is 0. The van der Waals surface area contributed by atoms with E-state index in [4.69, 9.17) is 14.2 Å². The zero-order valence-electron chi connectivity index (χ0n) is 16.7. The molecule has 2 aromatic carbocycles. The second-order valence-corrected chi connectivity index (χ2v) is 7.23. The van der Waals surface area contributed by atoms with E-state index < -0.39 is 0 Å². The lowest BCUT2D eigenvalue weighted by molar-refractivity contribution is -0.117. The Kier molecular flexibility index (Phi) is 6.33. The van der Waals surface area contributed by atoms with Crippen LogP contribution in [0.1, 0.15) is 22.8 Å². The average molecular weight is 414 g/mol. The van der Waals surface area contributed by atoms with Crippen LogP contribution in [0.25, 0.3) is 10.2 Å². The third-order valence-corrected chi connectivity index (χ3v) is 5.44. The van der Waals surface area contributed by atoms with Gasteiger partial charge in [0.1, 0.15) is 0 Å². The number of hydrogen-bond acceptors (Lipinski definition) is 6. The average Bonchev–Trinajstić information content (AvgIpc) is 3.02. The summed E-state index contributed by atoms with van der Waals surface area (Å²) < 4.78 is 18.2. The van der Waals surface area contributed by atoms with Crippen molar-refractivity contribution in [2.75, 3.05) is 20.8 Å². The number of aromatic nitrogens is 1. The minimum atomic E-state index is -0.367. The lowest BCUT2D eigenvalue weighted by Gasteiger charge is -2.08. The molecule has 0 saturated carbocycles. The molecule has 3 aromatic rings. The Labute approximate surface area is 172 Å². The van der Waals surface area contributed by atoms with Crippen LogP contribution >= 0.6 is 11.3 Å². The SMILES string of the molecule is CCOC(=O)c1ccc2c(c1)sc(=NC(=O)Cc1ccc(OC)c(OC)c1)n2C. The van der Waals surface area contributed by atoms with Crippen molar-refractivity contribution in [2.45, 2.75) is 13.3 Å². The number of nitrogens with zero attached hydrogens (tertiary/aromatic N) is 2. The van der Waals surface area contributed by atoms with Crippen LogP contribution in [0.2, 0.25) is 0 Å². The molecule has 0 N–H and O–H groups in total. The second kappa shape index (κ2) is 8.91. The number of methoxy groups -OCH3 is 2. The third-order valence-electron chi connectivity index (χ3n) is 4.34. The van der Waals surface area contributed by atoms with Crippen LogP contribution < -0.4 is 14.3 Å². The third kappa shape index (κ3) is 4.48. The molecule has 3 rings (SSSR count). The number of carbonyl (C=O) groups excluding carboxylic acids is 2. The lowest BCUT2D eigenvalue weighted by atomic mass is 10.1. The molecule has 0 aliphatic rings. The summed E-state index contributed by atoms with van der Waals surface area (Å²) in [5, 5.41) is 0. The zero-order valence-corrected chi connectivity index (χ0v) is 17.5. The highest BCUT2D eigenvalue weighted by Crippen LogP contribution is 2.27. The first-order chi connectivity index (χ1) is 14.0. The highest BCUT2D eigenvalue weighted by Gasteiger charge is 2.12. The van der Waals surface area contributed by atoms with Crippen molar-refractivity contribution in [2.24, 2.45) is 12.0 Å². The molecule has 1 aromatic heterocycles. The molecule has 0 radical (unpaired) electrons. The fourth-order valence-electron chi connectivity index (χ4n) is 2.89. The number of fused-ring (bicyclic) bond motifs is 1. The first-order valence-electron chi connectivity index (χ1n) is 9.02. The molecule has 0 spiro atoms. The van der Waals surface area contributed by atoms with Crippen LogP contribution in [0.3, 0.4) is 0 Å². The summed E-state index contributed by atoms with van der Waals surface area (Å²) in [6.07, 6.45) is 0.142. The van der Waals surface area contributed by atoms with Gasteiger partial charge in [0.25, 0.3) is 5.91 Å². The molecule has 1 heterocycles. The van der Waals surface area contributed by atoms with Crippen molar-refractivity contribution in [3.63, 3.8) is 0 Å². The van der Waals surface area contributed by atoms with E-state index in [-0.39, 0.29) is 18.3 Å². The molecule has 0 saturated heterocycles. The Balaban J connectivity index is 1.88. The number of ether oxygens (including phenoxy) is 3. The van der Waals surface area contributed by atoms with Crippen LogP contribution in [0.4, 0.5) is 0 Å². The molecule has 7 nitrogen and oxygen atoms in total. The molecule has 0 bridgehead atoms. The summed E-state index contributed by atoms with van der Waals surface area (Å²) in [4.78, 5) is 29.3. The van der Waals surface area contributed by atoms with E-state index in [0.29, 0.717) is 28.5 Å². The van der Waals surface area contributed by atoms with E-state index in [0.717, 1.165) is 15.8 Å². The van der Waals surface area contributed by atoms with Crippen LogP contribution in [0, 0.1) is 0 Å². The van der Waals surface area contributed by atoms with Gasteiger partial charge < -0.3 is 18.8 Å². The Morgan fingerprint density at radius 3 is 2.52 bits per heavy atom. The van der Waals surface area contributed by atoms with E-state index >= 15 is 0 Å². The van der Waals surface area contributed by atoms with E-state index in [9.17, 15) is 9.59 Å². The first-order valence-corrected chi connectivity index (χ1v) is 9.83. The minimum absolute atomic E-state index is 0.142. The number of benzene rings is 2. The van der Waals surface area contributed by atoms with Gasteiger partial charge in [0.2, 0.25) is 0 Å². The quantitative estimate of drug-likeness (QED) is 0.579. The fraction of sp³-hybridized carbons (Fsp3) is 0.286. The highest BCUT2D eigenvalue weighted by atomic mass is 32.1. The standard InChI is InChI=1S/C21H22N2O5S/c1-5-28-20(25)14-7-8-15-18(12-14)29-21(23(15)2)22-19(24)11-13-6-9-16(26-3)17(10-13)27-4/h6-10,12H,5,11H2,1-4H3. The number of esters is 1. The molecule has 0 unspecified atom stereocenters. The predicted molar refractivity (Wildman–Crippen MR) is 111 cm³/mol. The fourth-order valence-corrected chi connectivity index (χ4v) is 3.97. The Morgan fingerprint density at radius 1 is 1.07 bits per heavy atom. The number of carbonyl (C=O) groups is 2. The lowest BCUT2D eigenvalue weighted by Crippen LogP contribution is -2.14. The van der Waals surface area contributed by atoms with E-state index in [1.54, 1.807) is 45.4 Å². The summed E-state index contributed by atoms with van der Waals surface area (Å²) >= 11 is 1.35. The van der Waals surface area contributed by atoms with Crippen molar-refractivity contribution in [3.8, 4) is 11.5 Å². The maximum Gasteiger partial charge on any atom is 0.338 e. The number of aryl methyl sites for hydroxylation is 1. The van der Waals surface area contributed by atoms with E-state index in [2.05, 4.69) is 4.99 Å². The van der Waals surface area contributed by atoms with Crippen LogP contribution in [-0.2, 0) is 23.0 Å². The van der Waals surface area contributed by atoms with Crippen molar-refractivity contribution in [1.82, 2.24) is 4.57 Å². The van der Waals surface area contributed by atoms with Gasteiger partial charge in [-0.1, -0.05) is 17.4 Å². The van der Waals surface area contributed by atoms with Gasteiger partial charge in [-0.25, -0.2) is 4.79 Å². The summed E-state index contributed by atoms with van der Waals surface area (Å²) in [7, 11) is 4.95. The topological polar surface area (TPSA) is 79.1 Å². The van der Waals surface area contributed by atoms with Gasteiger partial charge in [0.15, 0.2) is 16.3 Å². The zero-order chi connectivity index (χ0) is 21.0. The summed E-state index contributed by atoms with van der Waals surface area (Å²) in [6, 6.07) is 10.6. The smallest absolute Gasteiger partial charge is 0.338 e. The highest BCUT2D eigenvalue weighted by molar-refractivity contribution is 7.16. The molecule has 29 heavy (non-hydrogen) atoms. The maximum absolute atomic E-state index is 12.5. The van der Waals surface area contributed by atoms with Crippen molar-refractivity contribution in [1.29, 1.82) is 0 Å². The van der Waals surface area contributed by atoms with Gasteiger partial charge in [-0.2, -0.15) is 4.99 Å². The van der Waals surface area contributed by atoms with Crippen molar-refractivity contribution < 1.29 is 23.8 Å². The molecular formula is C21H22N2O5S. The summed E-state index contributed by atoms with van der Waals surface area (Å²) in [6.45, 7) is 2.09. The Bertz CT molecular complexity index is 1130. The van der Waals surface area contributed by atoms with Gasteiger partial charge in [-0.05, 0) is 42.8 Å². The van der Waals surface area contributed by atoms with Crippen molar-refractivity contribution in [3.05, 3.63) is 52.3 Å². The van der Waals surface area contributed by atoms with Gasteiger partial charge in [0.05, 0.1) is 43.0 Å². The minimum Gasteiger partial charge on any atom is -0.493 e. The largest absolute Gasteiger partial charge is 0.493 e. The molecule has 152 valence electrons. The maximum atomic E-state index is 12.5. The Hall–Kier alpha value is -3.13. The monoisotopic (exact) mass is 414 g/mol. The van der Waals surface area contributed by atoms with Gasteiger partial charge in [-0.3, -0.25) is 4.79 Å². The Morgan fingerprint density at radius 2 is 1.83 bits per heavy atom. The van der Waals surface area contributed by atoms with Gasteiger partial charge in [-0.15, -0.1) is 0 Å². The van der Waals surface area contributed by atoms with Gasteiger partial charge >= 0.3 is 5.97 Å². The molecule has 8 heteroatoms. The first kappa shape index (κ1) is 20.6. The van der Waals surface area contributed by atoms with Crippen LogP contribution in [-0.4, -0.2) is 37.3 Å². The number of amides is 1. The molecule has 0 fully saturated rings. The molecule has 0 atom stereocenters. The van der Waals surface area contributed by atoms with Gasteiger partial charge in [0, 0.05) is 7.05 Å². The van der Waals surface area contributed by atoms with Crippen molar-refractivity contribution >= 4 is 33.4 Å². The van der Waals surface area contributed by atoms with Crippen LogP contribution in [0.5, 0.6) is 11.5 Å². The predicted octanol–water partition coefficient (Wildman–Crippen LogP) is 3.10.